The van der Waals surface area contributed by atoms with Gasteiger partial charge in [-0.1, -0.05) is 33.8 Å². The van der Waals surface area contributed by atoms with E-state index in [-0.39, 0.29) is 30.3 Å². The van der Waals surface area contributed by atoms with E-state index in [0.29, 0.717) is 12.8 Å². The summed E-state index contributed by atoms with van der Waals surface area (Å²) in [6.07, 6.45) is 1.25. The number of hydrogen-bond donors (Lipinski definition) is 1. The highest BCUT2D eigenvalue weighted by Gasteiger charge is 2.46. The van der Waals surface area contributed by atoms with E-state index in [1.54, 1.807) is 16.2 Å². The maximum Gasteiger partial charge on any atom is 0.249 e. The van der Waals surface area contributed by atoms with Gasteiger partial charge in [0.1, 0.15) is 12.1 Å². The molecule has 1 saturated heterocycles. The zero-order valence-electron chi connectivity index (χ0n) is 13.2. The van der Waals surface area contributed by atoms with Gasteiger partial charge in [-0.15, -0.1) is 11.3 Å². The molecule has 1 aliphatic rings. The molecule has 1 aromatic rings. The van der Waals surface area contributed by atoms with Crippen molar-refractivity contribution in [1.29, 1.82) is 0 Å². The van der Waals surface area contributed by atoms with Gasteiger partial charge in [0.05, 0.1) is 6.04 Å². The Morgan fingerprint density at radius 1 is 1.33 bits per heavy atom. The van der Waals surface area contributed by atoms with Crippen molar-refractivity contribution in [2.45, 2.75) is 52.1 Å². The minimum absolute atomic E-state index is 0.0268. The van der Waals surface area contributed by atoms with E-state index in [2.05, 4.69) is 25.2 Å². The minimum Gasteiger partial charge on any atom is -0.340 e. The summed E-state index contributed by atoms with van der Waals surface area (Å²) < 4.78 is 0. The number of rotatable bonds is 5. The van der Waals surface area contributed by atoms with Crippen molar-refractivity contribution in [2.24, 2.45) is 5.92 Å². The van der Waals surface area contributed by atoms with Crippen LogP contribution in [0.1, 0.15) is 51.5 Å². The van der Waals surface area contributed by atoms with Crippen LogP contribution >= 0.6 is 11.3 Å². The SMILES string of the molecule is CCC1(CC)NC(=O)CN(C(c2cccs2)C(C)C)C1=O. The fraction of sp³-hybridized carbons (Fsp3) is 0.625. The van der Waals surface area contributed by atoms with Gasteiger partial charge in [0.15, 0.2) is 0 Å². The summed E-state index contributed by atoms with van der Waals surface area (Å²) in [6.45, 7) is 8.27. The number of hydrogen-bond acceptors (Lipinski definition) is 3. The number of nitrogens with zero attached hydrogens (tertiary/aromatic N) is 1. The van der Waals surface area contributed by atoms with Crippen LogP contribution in [0.25, 0.3) is 0 Å². The Hall–Kier alpha value is -1.36. The van der Waals surface area contributed by atoms with Crippen LogP contribution in [-0.2, 0) is 9.59 Å². The van der Waals surface area contributed by atoms with Crippen LogP contribution in [0.4, 0.5) is 0 Å². The first-order valence-electron chi connectivity index (χ1n) is 7.60. The number of amides is 2. The van der Waals surface area contributed by atoms with Gasteiger partial charge in [-0.2, -0.15) is 0 Å². The second-order valence-electron chi connectivity index (χ2n) is 5.97. The molecule has 5 heteroatoms. The first-order chi connectivity index (χ1) is 9.95. The summed E-state index contributed by atoms with van der Waals surface area (Å²) in [5, 5.41) is 4.94. The van der Waals surface area contributed by atoms with Crippen LogP contribution in [0.15, 0.2) is 17.5 Å². The highest BCUT2D eigenvalue weighted by atomic mass is 32.1. The Bertz CT molecular complexity index is 506. The topological polar surface area (TPSA) is 49.4 Å². The third-order valence-electron chi connectivity index (χ3n) is 4.37. The number of carbonyl (C=O) groups is 2. The third kappa shape index (κ3) is 2.84. The second-order valence-corrected chi connectivity index (χ2v) is 6.95. The molecule has 2 rings (SSSR count). The molecule has 0 aromatic carbocycles. The average Bonchev–Trinajstić information content (AvgIpc) is 2.96. The maximum atomic E-state index is 13.0. The van der Waals surface area contributed by atoms with Gasteiger partial charge in [-0.25, -0.2) is 0 Å². The predicted octanol–water partition coefficient (Wildman–Crippen LogP) is 2.96. The monoisotopic (exact) mass is 308 g/mol. The zero-order chi connectivity index (χ0) is 15.6. The van der Waals surface area contributed by atoms with Crippen LogP contribution in [0, 0.1) is 5.92 Å². The molecule has 2 amide bonds. The van der Waals surface area contributed by atoms with Gasteiger partial charge >= 0.3 is 0 Å². The predicted molar refractivity (Wildman–Crippen MR) is 85.1 cm³/mol. The molecule has 1 aliphatic heterocycles. The van der Waals surface area contributed by atoms with Gasteiger partial charge < -0.3 is 10.2 Å². The average molecular weight is 308 g/mol. The normalized spacial score (nSPS) is 19.8. The Morgan fingerprint density at radius 2 is 2.00 bits per heavy atom. The fourth-order valence-electron chi connectivity index (χ4n) is 3.12. The second kappa shape index (κ2) is 6.18. The van der Waals surface area contributed by atoms with E-state index < -0.39 is 5.54 Å². The number of thiophene rings is 1. The van der Waals surface area contributed by atoms with Crippen molar-refractivity contribution in [1.82, 2.24) is 10.2 Å². The molecular weight excluding hydrogens is 284 g/mol. The van der Waals surface area contributed by atoms with Crippen LogP contribution in [-0.4, -0.2) is 28.8 Å². The number of carbonyl (C=O) groups excluding carboxylic acids is 2. The van der Waals surface area contributed by atoms with E-state index in [9.17, 15) is 9.59 Å². The lowest BCUT2D eigenvalue weighted by Gasteiger charge is -2.45. The maximum absolute atomic E-state index is 13.0. The van der Waals surface area contributed by atoms with Crippen LogP contribution in [0.3, 0.4) is 0 Å². The summed E-state index contributed by atoms with van der Waals surface area (Å²) in [5.41, 5.74) is -0.736. The van der Waals surface area contributed by atoms with Crippen molar-refractivity contribution < 1.29 is 9.59 Å². The fourth-order valence-corrected chi connectivity index (χ4v) is 4.13. The molecule has 1 atom stereocenters. The summed E-state index contributed by atoms with van der Waals surface area (Å²) in [6, 6.07) is 4.02. The molecule has 0 bridgehead atoms. The van der Waals surface area contributed by atoms with Gasteiger partial charge in [0.25, 0.3) is 0 Å². The van der Waals surface area contributed by atoms with Crippen molar-refractivity contribution in [2.75, 3.05) is 6.54 Å². The van der Waals surface area contributed by atoms with Crippen LogP contribution in [0.5, 0.6) is 0 Å². The molecule has 4 nitrogen and oxygen atoms in total. The van der Waals surface area contributed by atoms with E-state index in [4.69, 9.17) is 0 Å². The smallest absolute Gasteiger partial charge is 0.249 e. The van der Waals surface area contributed by atoms with Crippen molar-refractivity contribution in [3.63, 3.8) is 0 Å². The largest absolute Gasteiger partial charge is 0.340 e. The summed E-state index contributed by atoms with van der Waals surface area (Å²) in [5.74, 6) is 0.268. The van der Waals surface area contributed by atoms with Crippen LogP contribution < -0.4 is 5.32 Å². The Labute approximate surface area is 130 Å². The standard InChI is InChI=1S/C16H24N2O2S/c1-5-16(6-2)15(20)18(10-13(19)17-16)14(11(3)4)12-8-7-9-21-12/h7-9,11,14H,5-6,10H2,1-4H3,(H,17,19). The van der Waals surface area contributed by atoms with Crippen molar-refractivity contribution in [3.8, 4) is 0 Å². The molecule has 0 radical (unpaired) electrons. The van der Waals surface area contributed by atoms with E-state index in [1.165, 1.54) is 0 Å². The lowest BCUT2D eigenvalue weighted by atomic mass is 9.87. The summed E-state index contributed by atoms with van der Waals surface area (Å²) in [4.78, 5) is 28.1. The summed E-state index contributed by atoms with van der Waals surface area (Å²) in [7, 11) is 0. The Balaban J connectivity index is 2.40. The molecule has 0 aliphatic carbocycles. The molecule has 0 spiro atoms. The lowest BCUT2D eigenvalue weighted by molar-refractivity contribution is -0.154. The van der Waals surface area contributed by atoms with Crippen molar-refractivity contribution >= 4 is 23.2 Å². The molecule has 0 saturated carbocycles. The minimum atomic E-state index is -0.736. The van der Waals surface area contributed by atoms with Crippen LogP contribution in [0.2, 0.25) is 0 Å². The molecule has 1 unspecified atom stereocenters. The lowest BCUT2D eigenvalue weighted by Crippen LogP contribution is -2.66. The molecule has 21 heavy (non-hydrogen) atoms. The van der Waals surface area contributed by atoms with Gasteiger partial charge in [0.2, 0.25) is 11.8 Å². The molecule has 1 fully saturated rings. The summed E-state index contributed by atoms with van der Waals surface area (Å²) >= 11 is 1.65. The first kappa shape index (κ1) is 16.0. The third-order valence-corrected chi connectivity index (χ3v) is 5.31. The van der Waals surface area contributed by atoms with Gasteiger partial charge in [-0.05, 0) is 30.2 Å². The number of nitrogens with one attached hydrogen (secondary N) is 1. The van der Waals surface area contributed by atoms with Crippen molar-refractivity contribution in [3.05, 3.63) is 22.4 Å². The zero-order valence-corrected chi connectivity index (χ0v) is 14.0. The molecule has 2 heterocycles. The van der Waals surface area contributed by atoms with E-state index in [1.807, 2.05) is 25.3 Å². The highest BCUT2D eigenvalue weighted by molar-refractivity contribution is 7.10. The number of piperazine rings is 1. The molecule has 116 valence electrons. The van der Waals surface area contributed by atoms with E-state index in [0.717, 1.165) is 4.88 Å². The first-order valence-corrected chi connectivity index (χ1v) is 8.48. The Kier molecular flexibility index (Phi) is 4.71. The molecular formula is C16H24N2O2S. The Morgan fingerprint density at radius 3 is 2.48 bits per heavy atom. The highest BCUT2D eigenvalue weighted by Crippen LogP contribution is 2.35. The molecule has 1 N–H and O–H groups in total. The van der Waals surface area contributed by atoms with Gasteiger partial charge in [-0.3, -0.25) is 9.59 Å². The quantitative estimate of drug-likeness (QED) is 0.909. The van der Waals surface area contributed by atoms with Gasteiger partial charge in [0, 0.05) is 4.88 Å². The molecule has 1 aromatic heterocycles. The van der Waals surface area contributed by atoms with E-state index >= 15 is 0 Å².